The average molecular weight is 198 g/mol. The maximum atomic E-state index is 2.30. The van der Waals surface area contributed by atoms with E-state index in [1.165, 1.54) is 30.4 Å². The van der Waals surface area contributed by atoms with Gasteiger partial charge in [-0.2, -0.15) is 0 Å². The van der Waals surface area contributed by atoms with Crippen LogP contribution in [0, 0.1) is 0 Å². The molecule has 0 nitrogen and oxygen atoms in total. The zero-order chi connectivity index (χ0) is 10.5. The molecule has 1 aromatic carbocycles. The van der Waals surface area contributed by atoms with Crippen molar-refractivity contribution in [2.24, 2.45) is 0 Å². The molecule has 0 spiro atoms. The van der Waals surface area contributed by atoms with Crippen LogP contribution in [-0.2, 0) is 0 Å². The third-order valence-corrected chi connectivity index (χ3v) is 2.93. The summed E-state index contributed by atoms with van der Waals surface area (Å²) in [5.41, 5.74) is 4.44. The monoisotopic (exact) mass is 198 g/mol. The Balaban J connectivity index is 1.96. The number of unbranched alkanes of at least 4 members (excludes halogenated alkanes) is 1. The molecule has 0 N–H and O–H groups in total. The van der Waals surface area contributed by atoms with Crippen molar-refractivity contribution in [2.45, 2.75) is 32.6 Å². The summed E-state index contributed by atoms with van der Waals surface area (Å²) in [6.45, 7) is 2.25. The van der Waals surface area contributed by atoms with E-state index in [1.807, 2.05) is 0 Å². The van der Waals surface area contributed by atoms with Gasteiger partial charge in [-0.15, -0.1) is 0 Å². The van der Waals surface area contributed by atoms with Crippen LogP contribution in [0.5, 0.6) is 0 Å². The molecule has 0 bridgehead atoms. The van der Waals surface area contributed by atoms with Crippen molar-refractivity contribution in [1.82, 2.24) is 0 Å². The van der Waals surface area contributed by atoms with Crippen molar-refractivity contribution in [3.8, 4) is 0 Å². The molecule has 0 heterocycles. The van der Waals surface area contributed by atoms with Gasteiger partial charge in [-0.25, -0.2) is 0 Å². The molecular weight excluding hydrogens is 180 g/mol. The number of benzene rings is 1. The van der Waals surface area contributed by atoms with Crippen LogP contribution in [0.3, 0.4) is 0 Å². The number of allylic oxidation sites excluding steroid dienone is 4. The molecule has 1 aliphatic rings. The lowest BCUT2D eigenvalue weighted by atomic mass is 10.0. The molecule has 2 rings (SSSR count). The predicted molar refractivity (Wildman–Crippen MR) is 66.6 cm³/mol. The lowest BCUT2D eigenvalue weighted by Crippen LogP contribution is -1.84. The van der Waals surface area contributed by atoms with Crippen LogP contribution in [0.15, 0.2) is 48.1 Å². The minimum absolute atomic E-state index is 1.16. The summed E-state index contributed by atoms with van der Waals surface area (Å²) in [7, 11) is 0. The van der Waals surface area contributed by atoms with Crippen LogP contribution in [0.25, 0.3) is 5.57 Å². The van der Waals surface area contributed by atoms with E-state index in [4.69, 9.17) is 0 Å². The molecule has 0 aromatic heterocycles. The second-order valence-corrected chi connectivity index (χ2v) is 4.16. The Hall–Kier alpha value is -1.30. The molecular formula is C15H18. The van der Waals surface area contributed by atoms with Crippen molar-refractivity contribution < 1.29 is 0 Å². The number of hydrogen-bond donors (Lipinski definition) is 0. The second-order valence-electron chi connectivity index (χ2n) is 4.16. The molecule has 1 aliphatic carbocycles. The minimum atomic E-state index is 1.16. The average Bonchev–Trinajstić information content (AvgIpc) is 2.76. The molecule has 1 aromatic rings. The fraction of sp³-hybridized carbons (Fsp3) is 0.333. The fourth-order valence-electron chi connectivity index (χ4n) is 2.01. The lowest BCUT2D eigenvalue weighted by Gasteiger charge is -2.04. The highest BCUT2D eigenvalue weighted by Crippen LogP contribution is 2.30. The van der Waals surface area contributed by atoms with E-state index in [-0.39, 0.29) is 0 Å². The molecule has 0 atom stereocenters. The summed E-state index contributed by atoms with van der Waals surface area (Å²) in [5, 5.41) is 0. The molecule has 0 saturated carbocycles. The van der Waals surface area contributed by atoms with Gasteiger partial charge in [0.15, 0.2) is 0 Å². The Morgan fingerprint density at radius 3 is 2.60 bits per heavy atom. The van der Waals surface area contributed by atoms with Gasteiger partial charge in [0.1, 0.15) is 0 Å². The molecule has 0 radical (unpaired) electrons. The Bertz CT molecular complexity index is 368. The van der Waals surface area contributed by atoms with Crippen molar-refractivity contribution in [1.29, 1.82) is 0 Å². The van der Waals surface area contributed by atoms with Gasteiger partial charge < -0.3 is 0 Å². The van der Waals surface area contributed by atoms with E-state index in [2.05, 4.69) is 49.4 Å². The van der Waals surface area contributed by atoms with Crippen LogP contribution >= 0.6 is 0 Å². The van der Waals surface area contributed by atoms with Crippen LogP contribution in [0.1, 0.15) is 38.2 Å². The first-order valence-corrected chi connectivity index (χ1v) is 5.84. The van der Waals surface area contributed by atoms with Crippen LogP contribution in [-0.4, -0.2) is 0 Å². The van der Waals surface area contributed by atoms with Gasteiger partial charge in [-0.05, 0) is 30.4 Å². The smallest absolute Gasteiger partial charge is 0.00580 e. The van der Waals surface area contributed by atoms with Gasteiger partial charge in [-0.3, -0.25) is 0 Å². The Morgan fingerprint density at radius 2 is 1.87 bits per heavy atom. The quantitative estimate of drug-likeness (QED) is 0.663. The van der Waals surface area contributed by atoms with Gasteiger partial charge in [-0.1, -0.05) is 61.4 Å². The summed E-state index contributed by atoms with van der Waals surface area (Å²) in [5.74, 6) is 0. The van der Waals surface area contributed by atoms with Crippen LogP contribution < -0.4 is 0 Å². The normalized spacial score (nSPS) is 15.0. The van der Waals surface area contributed by atoms with Gasteiger partial charge in [0, 0.05) is 0 Å². The first-order valence-electron chi connectivity index (χ1n) is 5.84. The molecule has 15 heavy (non-hydrogen) atoms. The van der Waals surface area contributed by atoms with Crippen LogP contribution in [0.4, 0.5) is 0 Å². The highest BCUT2D eigenvalue weighted by atomic mass is 14.1. The van der Waals surface area contributed by atoms with Gasteiger partial charge >= 0.3 is 0 Å². The molecule has 0 heteroatoms. The molecule has 78 valence electrons. The van der Waals surface area contributed by atoms with E-state index >= 15 is 0 Å². The van der Waals surface area contributed by atoms with E-state index in [9.17, 15) is 0 Å². The molecule has 0 unspecified atom stereocenters. The fourth-order valence-corrected chi connectivity index (χ4v) is 2.01. The molecule has 0 amide bonds. The summed E-state index contributed by atoms with van der Waals surface area (Å²) in [6, 6.07) is 10.7. The Kier molecular flexibility index (Phi) is 3.39. The zero-order valence-electron chi connectivity index (χ0n) is 9.37. The van der Waals surface area contributed by atoms with Crippen molar-refractivity contribution in [3.63, 3.8) is 0 Å². The largest absolute Gasteiger partial charge is 0.0658 e. The number of rotatable bonds is 4. The maximum absolute atomic E-state index is 2.30. The minimum Gasteiger partial charge on any atom is -0.0658 e. The molecule has 0 aliphatic heterocycles. The van der Waals surface area contributed by atoms with Crippen molar-refractivity contribution in [3.05, 3.63) is 53.6 Å². The Labute approximate surface area is 92.3 Å². The van der Waals surface area contributed by atoms with E-state index in [1.54, 1.807) is 5.57 Å². The third-order valence-electron chi connectivity index (χ3n) is 2.93. The SMILES string of the molecule is CCCCC1=CC=C(c2ccccc2)C1. The Morgan fingerprint density at radius 1 is 1.07 bits per heavy atom. The standard InChI is InChI=1S/C15H18/c1-2-3-7-13-10-11-15(12-13)14-8-5-4-6-9-14/h4-6,8-11H,2-3,7,12H2,1H3. The van der Waals surface area contributed by atoms with E-state index in [0.717, 1.165) is 6.42 Å². The summed E-state index contributed by atoms with van der Waals surface area (Å²) in [4.78, 5) is 0. The summed E-state index contributed by atoms with van der Waals surface area (Å²) >= 11 is 0. The number of hydrogen-bond acceptors (Lipinski definition) is 0. The van der Waals surface area contributed by atoms with Crippen molar-refractivity contribution >= 4 is 5.57 Å². The van der Waals surface area contributed by atoms with Crippen molar-refractivity contribution in [2.75, 3.05) is 0 Å². The lowest BCUT2D eigenvalue weighted by molar-refractivity contribution is 0.780. The van der Waals surface area contributed by atoms with Gasteiger partial charge in [0.05, 0.1) is 0 Å². The summed E-state index contributed by atoms with van der Waals surface area (Å²) < 4.78 is 0. The first kappa shape index (κ1) is 10.2. The summed E-state index contributed by atoms with van der Waals surface area (Å²) in [6.07, 6.45) is 9.62. The highest BCUT2D eigenvalue weighted by molar-refractivity contribution is 5.72. The van der Waals surface area contributed by atoms with E-state index < -0.39 is 0 Å². The van der Waals surface area contributed by atoms with Gasteiger partial charge in [0.2, 0.25) is 0 Å². The maximum Gasteiger partial charge on any atom is -0.00580 e. The second kappa shape index (κ2) is 4.97. The van der Waals surface area contributed by atoms with Crippen LogP contribution in [0.2, 0.25) is 0 Å². The molecule has 0 saturated heterocycles. The predicted octanol–water partition coefficient (Wildman–Crippen LogP) is 4.59. The highest BCUT2D eigenvalue weighted by Gasteiger charge is 2.08. The van der Waals surface area contributed by atoms with Gasteiger partial charge in [0.25, 0.3) is 0 Å². The first-order chi connectivity index (χ1) is 7.40. The topological polar surface area (TPSA) is 0 Å². The van der Waals surface area contributed by atoms with E-state index in [0.29, 0.717) is 0 Å². The zero-order valence-corrected chi connectivity index (χ0v) is 9.37. The third kappa shape index (κ3) is 2.59. The molecule has 0 fully saturated rings.